The summed E-state index contributed by atoms with van der Waals surface area (Å²) in [6, 6.07) is 7.16. The van der Waals surface area contributed by atoms with Crippen molar-refractivity contribution in [2.24, 2.45) is 0 Å². The maximum absolute atomic E-state index is 11.7. The molecule has 1 fully saturated rings. The van der Waals surface area contributed by atoms with Crippen LogP contribution in [0.25, 0.3) is 5.69 Å². The smallest absolute Gasteiger partial charge is 0.186 e. The van der Waals surface area contributed by atoms with E-state index in [2.05, 4.69) is 41.4 Å². The number of hydrogen-bond acceptors (Lipinski definition) is 11. The molecule has 13 heteroatoms. The lowest BCUT2D eigenvalue weighted by Gasteiger charge is -2.40. The second kappa shape index (κ2) is 32.0. The molecule has 64 heavy (non-hydrogen) atoms. The number of nitrogens with zero attached hydrogens (tertiary/aromatic N) is 5. The molecule has 1 saturated heterocycles. The molecule has 0 bridgehead atoms. The summed E-state index contributed by atoms with van der Waals surface area (Å²) in [6.07, 6.45) is 30.6. The summed E-state index contributed by atoms with van der Waals surface area (Å²) in [5.74, 6) is 0. The van der Waals surface area contributed by atoms with Crippen molar-refractivity contribution < 1.29 is 40.1 Å². The zero-order valence-corrected chi connectivity index (χ0v) is 39.6. The number of aryl methyl sites for hydroxylation is 2. The minimum absolute atomic E-state index is 0.309. The lowest BCUT2D eigenvalue weighted by Crippen LogP contribution is -2.59. The molecule has 1 aliphatic rings. The predicted octanol–water partition coefficient (Wildman–Crippen LogP) is 9.18. The Morgan fingerprint density at radius 3 is 1.66 bits per heavy atom. The lowest BCUT2D eigenvalue weighted by atomic mass is 9.99. The molecule has 0 saturated carbocycles. The van der Waals surface area contributed by atoms with E-state index >= 15 is 0 Å². The fourth-order valence-corrected chi connectivity index (χ4v) is 8.84. The number of aromatic nitrogens is 5. The van der Waals surface area contributed by atoms with E-state index in [1.54, 1.807) is 17.1 Å². The molecule has 1 aliphatic heterocycles. The van der Waals surface area contributed by atoms with Gasteiger partial charge in [-0.15, -0.1) is 5.10 Å². The number of aliphatic hydroxyl groups is 6. The van der Waals surface area contributed by atoms with Crippen LogP contribution < -0.4 is 0 Å². The van der Waals surface area contributed by atoms with Crippen molar-refractivity contribution in [3.8, 4) is 5.69 Å². The summed E-state index contributed by atoms with van der Waals surface area (Å²) in [7, 11) is 0. The minimum Gasteiger partial charge on any atom is -0.394 e. The first-order chi connectivity index (χ1) is 31.3. The van der Waals surface area contributed by atoms with Crippen molar-refractivity contribution in [2.75, 3.05) is 13.2 Å². The Hall–Kier alpha value is -2.75. The Balaban J connectivity index is 1.18. The van der Waals surface area contributed by atoms with Gasteiger partial charge in [-0.05, 0) is 43.4 Å². The molecule has 4 rings (SSSR count). The fourth-order valence-electron chi connectivity index (χ4n) is 8.84. The SMILES string of the molecule is CCCCCCCCCCCCCCCCCCCCCCCCc1cn([C@@H](CO[C@H]2O[C@H](CO)[C@H](O)[C@H](O)[C@H]2O)[C@H](O)[C@H](O)c2cnn(-c3ccc(CCCCCC)cc3)c2)nn1. The zero-order valence-electron chi connectivity index (χ0n) is 39.6. The van der Waals surface area contributed by atoms with Crippen molar-refractivity contribution in [2.45, 2.75) is 243 Å². The Bertz CT molecular complexity index is 1590. The highest BCUT2D eigenvalue weighted by molar-refractivity contribution is 5.35. The normalized spacial score (nSPS) is 20.5. The number of hydrogen-bond donors (Lipinski definition) is 6. The Morgan fingerprint density at radius 2 is 1.12 bits per heavy atom. The maximum atomic E-state index is 11.7. The van der Waals surface area contributed by atoms with Crippen molar-refractivity contribution >= 4 is 0 Å². The molecule has 13 nitrogen and oxygen atoms in total. The van der Waals surface area contributed by atoms with Gasteiger partial charge in [0.2, 0.25) is 0 Å². The van der Waals surface area contributed by atoms with Crippen LogP contribution in [-0.2, 0) is 22.3 Å². The van der Waals surface area contributed by atoms with Gasteiger partial charge < -0.3 is 40.1 Å². The topological polar surface area (TPSA) is 188 Å². The third-order valence-electron chi connectivity index (χ3n) is 13.1. The van der Waals surface area contributed by atoms with Gasteiger partial charge in [0.1, 0.15) is 42.7 Å². The van der Waals surface area contributed by atoms with Gasteiger partial charge in [-0.25, -0.2) is 9.36 Å². The molecule has 3 aromatic rings. The molecule has 1 aromatic carbocycles. The first kappa shape index (κ1) is 53.9. The number of rotatable bonds is 37. The second-order valence-corrected chi connectivity index (χ2v) is 18.6. The molecular formula is C51H87N5O8. The average molecular weight is 898 g/mol. The third-order valence-corrected chi connectivity index (χ3v) is 13.1. The van der Waals surface area contributed by atoms with Crippen LogP contribution in [0.1, 0.15) is 210 Å². The van der Waals surface area contributed by atoms with Gasteiger partial charge in [-0.1, -0.05) is 185 Å². The highest BCUT2D eigenvalue weighted by Crippen LogP contribution is 2.29. The van der Waals surface area contributed by atoms with E-state index in [1.165, 1.54) is 164 Å². The van der Waals surface area contributed by atoms with Crippen LogP contribution in [-0.4, -0.2) is 105 Å². The highest BCUT2D eigenvalue weighted by atomic mass is 16.7. The number of aliphatic hydroxyl groups excluding tert-OH is 6. The molecule has 8 atom stereocenters. The first-order valence-electron chi connectivity index (χ1n) is 25.6. The van der Waals surface area contributed by atoms with E-state index in [0.717, 1.165) is 37.1 Å². The minimum atomic E-state index is -1.62. The van der Waals surface area contributed by atoms with Gasteiger partial charge in [-0.2, -0.15) is 5.10 Å². The molecule has 2 aromatic heterocycles. The van der Waals surface area contributed by atoms with E-state index in [9.17, 15) is 30.6 Å². The summed E-state index contributed by atoms with van der Waals surface area (Å²) in [4.78, 5) is 0. The maximum Gasteiger partial charge on any atom is 0.186 e. The van der Waals surface area contributed by atoms with Gasteiger partial charge in [0, 0.05) is 18.0 Å². The molecule has 0 spiro atoms. The summed E-state index contributed by atoms with van der Waals surface area (Å²) >= 11 is 0. The van der Waals surface area contributed by atoms with Gasteiger partial charge in [-0.3, -0.25) is 0 Å². The van der Waals surface area contributed by atoms with E-state index in [-0.39, 0.29) is 6.61 Å². The fraction of sp³-hybridized carbons (Fsp3) is 0.784. The molecule has 3 heterocycles. The number of ether oxygens (including phenoxy) is 2. The highest BCUT2D eigenvalue weighted by Gasteiger charge is 2.45. The molecule has 0 amide bonds. The van der Waals surface area contributed by atoms with Gasteiger partial charge in [0.05, 0.1) is 30.8 Å². The Kier molecular flexibility index (Phi) is 27.0. The summed E-state index contributed by atoms with van der Waals surface area (Å²) in [5, 5.41) is 77.2. The zero-order chi connectivity index (χ0) is 45.8. The summed E-state index contributed by atoms with van der Waals surface area (Å²) in [5.41, 5.74) is 3.20. The van der Waals surface area contributed by atoms with Crippen molar-refractivity contribution in [3.05, 3.63) is 59.7 Å². The summed E-state index contributed by atoms with van der Waals surface area (Å²) in [6.45, 7) is 3.58. The van der Waals surface area contributed by atoms with Gasteiger partial charge >= 0.3 is 0 Å². The molecule has 364 valence electrons. The quantitative estimate of drug-likeness (QED) is 0.0303. The Labute approximate surface area is 385 Å². The van der Waals surface area contributed by atoms with E-state index < -0.39 is 55.6 Å². The monoisotopic (exact) mass is 898 g/mol. The largest absolute Gasteiger partial charge is 0.394 e. The van der Waals surface area contributed by atoms with Crippen molar-refractivity contribution in [1.82, 2.24) is 24.8 Å². The lowest BCUT2D eigenvalue weighted by molar-refractivity contribution is -0.304. The number of unbranched alkanes of at least 4 members (excludes halogenated alkanes) is 24. The standard InChI is InChI=1S/C51H87N5O8/c1-3-5-7-9-10-11-12-13-14-15-16-17-18-19-20-21-22-23-24-25-26-28-30-42-37-56(54-53-42)44(39-63-51-50(62)49(61)48(60)45(38-57)64-51)47(59)46(58)41-35-52-55(36-41)43-33-31-40(32-34-43)29-27-8-6-4-2/h31-37,44-51,57-62H,3-30,38-39H2,1-2H3/t44-,45+,46+,47-,48-,49-,50+,51-/m0/s1. The van der Waals surface area contributed by atoms with E-state index in [1.807, 2.05) is 12.1 Å². The van der Waals surface area contributed by atoms with Gasteiger partial charge in [0.15, 0.2) is 6.29 Å². The van der Waals surface area contributed by atoms with Crippen LogP contribution in [0.2, 0.25) is 0 Å². The van der Waals surface area contributed by atoms with Gasteiger partial charge in [0.25, 0.3) is 0 Å². The van der Waals surface area contributed by atoms with Crippen molar-refractivity contribution in [3.63, 3.8) is 0 Å². The molecule has 0 unspecified atom stereocenters. The van der Waals surface area contributed by atoms with Crippen LogP contribution in [0.5, 0.6) is 0 Å². The van der Waals surface area contributed by atoms with Crippen molar-refractivity contribution in [1.29, 1.82) is 0 Å². The second-order valence-electron chi connectivity index (χ2n) is 18.6. The van der Waals surface area contributed by atoms with E-state index in [0.29, 0.717) is 12.0 Å². The summed E-state index contributed by atoms with van der Waals surface area (Å²) < 4.78 is 14.5. The third kappa shape index (κ3) is 19.2. The molecule has 6 N–H and O–H groups in total. The molecule has 0 aliphatic carbocycles. The van der Waals surface area contributed by atoms with Crippen LogP contribution in [0.4, 0.5) is 0 Å². The predicted molar refractivity (Wildman–Crippen MR) is 252 cm³/mol. The number of benzene rings is 1. The van der Waals surface area contributed by atoms with E-state index in [4.69, 9.17) is 9.47 Å². The first-order valence-corrected chi connectivity index (χ1v) is 25.6. The van der Waals surface area contributed by atoms with Crippen LogP contribution in [0.15, 0.2) is 42.9 Å². The molecular weight excluding hydrogens is 811 g/mol. The molecule has 0 radical (unpaired) electrons. The average Bonchev–Trinajstić information content (AvgIpc) is 4.00. The van der Waals surface area contributed by atoms with Crippen LogP contribution >= 0.6 is 0 Å². The Morgan fingerprint density at radius 1 is 0.625 bits per heavy atom. The van der Waals surface area contributed by atoms with Crippen LogP contribution in [0, 0.1) is 0 Å². The van der Waals surface area contributed by atoms with Crippen LogP contribution in [0.3, 0.4) is 0 Å².